The van der Waals surface area contributed by atoms with Gasteiger partial charge in [-0.1, -0.05) is 0 Å². The molecular formula is C29H25F2N5O4. The lowest BCUT2D eigenvalue weighted by Gasteiger charge is -2.48. The number of hydrogen-bond acceptors (Lipinski definition) is 7. The molecule has 8 rings (SSSR count). The number of aryl methyl sites for hydroxylation is 1. The smallest absolute Gasteiger partial charge is 0.341 e. The number of aromatic nitrogens is 3. The van der Waals surface area contributed by atoms with Crippen LogP contribution in [-0.2, 0) is 17.7 Å². The van der Waals surface area contributed by atoms with Gasteiger partial charge in [0.25, 0.3) is 0 Å². The maximum Gasteiger partial charge on any atom is 0.341 e. The van der Waals surface area contributed by atoms with Gasteiger partial charge in [0.05, 0.1) is 29.0 Å². The van der Waals surface area contributed by atoms with Crippen LogP contribution in [0.2, 0.25) is 0 Å². The summed E-state index contributed by atoms with van der Waals surface area (Å²) in [6, 6.07) is 2.78. The van der Waals surface area contributed by atoms with Gasteiger partial charge in [-0.15, -0.1) is 0 Å². The molecule has 3 fully saturated rings. The fourth-order valence-corrected chi connectivity index (χ4v) is 6.33. The molecule has 11 heteroatoms. The molecular weight excluding hydrogens is 520 g/mol. The predicted molar refractivity (Wildman–Crippen MR) is 145 cm³/mol. The number of pyridine rings is 3. The van der Waals surface area contributed by atoms with Crippen LogP contribution in [-0.4, -0.2) is 58.0 Å². The highest BCUT2D eigenvalue weighted by atomic mass is 19.2. The molecule has 3 aliphatic heterocycles. The van der Waals surface area contributed by atoms with Gasteiger partial charge in [-0.2, -0.15) is 0 Å². The van der Waals surface area contributed by atoms with E-state index < -0.39 is 23.0 Å². The van der Waals surface area contributed by atoms with Gasteiger partial charge < -0.3 is 24.6 Å². The van der Waals surface area contributed by atoms with E-state index in [2.05, 4.69) is 20.2 Å². The van der Waals surface area contributed by atoms with Crippen molar-refractivity contribution in [3.05, 3.63) is 69.4 Å². The Hall–Kier alpha value is -4.38. The molecule has 4 aromatic rings. The summed E-state index contributed by atoms with van der Waals surface area (Å²) in [5.74, 6) is -3.20. The number of nitrogens with one attached hydrogen (secondary N) is 1. The quantitative estimate of drug-likeness (QED) is 0.341. The van der Waals surface area contributed by atoms with Gasteiger partial charge in [-0.3, -0.25) is 9.78 Å². The summed E-state index contributed by atoms with van der Waals surface area (Å²) < 4.78 is 37.8. The van der Waals surface area contributed by atoms with E-state index in [0.29, 0.717) is 71.0 Å². The molecule has 6 heterocycles. The normalized spacial score (nSPS) is 18.9. The Morgan fingerprint density at radius 2 is 1.93 bits per heavy atom. The summed E-state index contributed by atoms with van der Waals surface area (Å²) in [7, 11) is 1.67. The molecule has 3 saturated heterocycles. The molecule has 204 valence electrons. The van der Waals surface area contributed by atoms with Gasteiger partial charge in [0.2, 0.25) is 5.43 Å². The summed E-state index contributed by atoms with van der Waals surface area (Å²) >= 11 is 0. The van der Waals surface area contributed by atoms with Gasteiger partial charge in [-0.05, 0) is 18.6 Å². The van der Waals surface area contributed by atoms with Crippen LogP contribution in [0.25, 0.3) is 33.3 Å². The molecule has 3 aromatic heterocycles. The SMILES string of the molecule is CCn1cc(C(=O)O)c(=O)c2cc(-c3cnc4c(c3N3CC5CC(C3)O5)-c3c(F)c(F)cc(NC)c3C4)cnc21. The van der Waals surface area contributed by atoms with Crippen LogP contribution < -0.4 is 15.6 Å². The molecule has 0 saturated carbocycles. The average Bonchev–Trinajstić information content (AvgIpc) is 3.34. The van der Waals surface area contributed by atoms with Crippen molar-refractivity contribution >= 4 is 28.4 Å². The first-order valence-electron chi connectivity index (χ1n) is 13.2. The largest absolute Gasteiger partial charge is 0.477 e. The number of piperidine rings is 1. The van der Waals surface area contributed by atoms with Crippen molar-refractivity contribution in [1.82, 2.24) is 14.5 Å². The monoisotopic (exact) mass is 545 g/mol. The van der Waals surface area contributed by atoms with Crippen molar-refractivity contribution < 1.29 is 23.4 Å². The van der Waals surface area contributed by atoms with Gasteiger partial charge in [0, 0.05) is 92.1 Å². The highest BCUT2D eigenvalue weighted by Crippen LogP contribution is 2.51. The van der Waals surface area contributed by atoms with Crippen molar-refractivity contribution in [3.8, 4) is 22.3 Å². The standard InChI is InChI=1S/C29H25F2N5O4/c1-3-35-12-19(29(38)39)27(37)17-4-13(8-34-28(17)35)18-9-33-22-6-16-21(32-2)7-20(30)25(31)23(16)24(22)26(18)36-10-14-5-15(11-36)40-14/h4,7-9,12,14-15,32H,3,5-6,10-11H2,1-2H3,(H,38,39). The molecule has 2 bridgehead atoms. The van der Waals surface area contributed by atoms with Crippen molar-refractivity contribution in [3.63, 3.8) is 0 Å². The molecule has 2 atom stereocenters. The van der Waals surface area contributed by atoms with Crippen molar-refractivity contribution in [2.24, 2.45) is 0 Å². The fraction of sp³-hybridized carbons (Fsp3) is 0.310. The molecule has 1 aliphatic carbocycles. The van der Waals surface area contributed by atoms with Crippen molar-refractivity contribution in [2.75, 3.05) is 30.4 Å². The average molecular weight is 546 g/mol. The Morgan fingerprint density at radius 3 is 2.60 bits per heavy atom. The van der Waals surface area contributed by atoms with Gasteiger partial charge in [0.15, 0.2) is 11.6 Å². The van der Waals surface area contributed by atoms with E-state index in [1.807, 2.05) is 6.92 Å². The first-order chi connectivity index (χ1) is 19.3. The van der Waals surface area contributed by atoms with E-state index in [1.54, 1.807) is 30.1 Å². The van der Waals surface area contributed by atoms with E-state index in [4.69, 9.17) is 4.74 Å². The molecule has 0 amide bonds. The van der Waals surface area contributed by atoms with E-state index in [9.17, 15) is 19.1 Å². The Morgan fingerprint density at radius 1 is 1.18 bits per heavy atom. The molecule has 2 unspecified atom stereocenters. The van der Waals surface area contributed by atoms with E-state index >= 15 is 4.39 Å². The predicted octanol–water partition coefficient (Wildman–Crippen LogP) is 4.05. The van der Waals surface area contributed by atoms with Gasteiger partial charge in [0.1, 0.15) is 11.2 Å². The summed E-state index contributed by atoms with van der Waals surface area (Å²) in [6.45, 7) is 3.39. The lowest BCUT2D eigenvalue weighted by Crippen LogP contribution is -2.57. The lowest BCUT2D eigenvalue weighted by atomic mass is 9.93. The third-order valence-corrected chi connectivity index (χ3v) is 8.19. The van der Waals surface area contributed by atoms with E-state index in [1.165, 1.54) is 6.20 Å². The molecule has 1 aromatic carbocycles. The number of nitrogens with zero attached hydrogens (tertiary/aromatic N) is 4. The molecule has 4 aliphatic rings. The van der Waals surface area contributed by atoms with Crippen molar-refractivity contribution in [2.45, 2.75) is 38.5 Å². The summed E-state index contributed by atoms with van der Waals surface area (Å²) in [4.78, 5) is 36.4. The first-order valence-corrected chi connectivity index (χ1v) is 13.2. The molecule has 40 heavy (non-hydrogen) atoms. The number of benzene rings is 1. The zero-order valence-corrected chi connectivity index (χ0v) is 21.8. The number of aromatic carboxylic acids is 1. The van der Waals surface area contributed by atoms with E-state index in [0.717, 1.165) is 12.5 Å². The third kappa shape index (κ3) is 3.46. The number of rotatable bonds is 5. The molecule has 2 N–H and O–H groups in total. The third-order valence-electron chi connectivity index (χ3n) is 8.19. The second kappa shape index (κ2) is 8.82. The highest BCUT2D eigenvalue weighted by Gasteiger charge is 2.42. The lowest BCUT2D eigenvalue weighted by molar-refractivity contribution is -0.133. The molecule has 0 spiro atoms. The second-order valence-corrected chi connectivity index (χ2v) is 10.4. The summed E-state index contributed by atoms with van der Waals surface area (Å²) in [5.41, 5.74) is 3.65. The number of anilines is 2. The molecule has 0 radical (unpaired) electrons. The minimum Gasteiger partial charge on any atom is -0.477 e. The fourth-order valence-electron chi connectivity index (χ4n) is 6.33. The van der Waals surface area contributed by atoms with Crippen LogP contribution in [0.1, 0.15) is 35.0 Å². The van der Waals surface area contributed by atoms with Crippen LogP contribution in [0.3, 0.4) is 0 Å². The maximum atomic E-state index is 15.5. The van der Waals surface area contributed by atoms with Gasteiger partial charge >= 0.3 is 5.97 Å². The van der Waals surface area contributed by atoms with Crippen molar-refractivity contribution in [1.29, 1.82) is 0 Å². The summed E-state index contributed by atoms with van der Waals surface area (Å²) in [6.07, 6.45) is 5.93. The Kier molecular flexibility index (Phi) is 5.43. The number of morpholine rings is 1. The van der Waals surface area contributed by atoms with Gasteiger partial charge in [-0.25, -0.2) is 18.6 Å². The van der Waals surface area contributed by atoms with Crippen LogP contribution in [0, 0.1) is 11.6 Å². The zero-order chi connectivity index (χ0) is 27.9. The van der Waals surface area contributed by atoms with Crippen LogP contribution in [0.5, 0.6) is 0 Å². The van der Waals surface area contributed by atoms with Crippen LogP contribution in [0.15, 0.2) is 35.5 Å². The number of halogens is 2. The van der Waals surface area contributed by atoms with Crippen LogP contribution >= 0.6 is 0 Å². The number of carbonyl (C=O) groups is 1. The maximum absolute atomic E-state index is 15.5. The summed E-state index contributed by atoms with van der Waals surface area (Å²) in [5, 5.41) is 12.8. The number of hydrogen-bond donors (Lipinski definition) is 2. The van der Waals surface area contributed by atoms with E-state index in [-0.39, 0.29) is 28.7 Å². The second-order valence-electron chi connectivity index (χ2n) is 10.4. The topological polar surface area (TPSA) is 110 Å². The number of fused-ring (bicyclic) bond motifs is 6. The number of carboxylic acid groups (broad SMARTS) is 1. The van der Waals surface area contributed by atoms with Crippen LogP contribution in [0.4, 0.5) is 20.2 Å². The number of carboxylic acids is 1. The minimum absolute atomic E-state index is 0.0334. The Bertz CT molecular complexity index is 1810. The number of ether oxygens (including phenoxy) is 1. The Balaban J connectivity index is 1.51. The molecule has 9 nitrogen and oxygen atoms in total. The first kappa shape index (κ1) is 24.6. The zero-order valence-electron chi connectivity index (χ0n) is 21.8. The highest BCUT2D eigenvalue weighted by molar-refractivity contribution is 5.98. The Labute approximate surface area is 227 Å². The minimum atomic E-state index is -1.32.